The summed E-state index contributed by atoms with van der Waals surface area (Å²) in [6, 6.07) is 17.5. The molecule has 1 unspecified atom stereocenters. The fourth-order valence-electron chi connectivity index (χ4n) is 3.62. The number of rotatable bonds is 11. The molecular weight excluding hydrogens is 428 g/mol. The van der Waals surface area contributed by atoms with E-state index in [2.05, 4.69) is 0 Å². The van der Waals surface area contributed by atoms with Crippen molar-refractivity contribution in [2.75, 3.05) is 34.4 Å². The third kappa shape index (κ3) is 6.99. The summed E-state index contributed by atoms with van der Waals surface area (Å²) in [5.74, 6) is 0.707. The van der Waals surface area contributed by atoms with Gasteiger partial charge < -0.3 is 19.3 Å². The molecule has 176 valence electrons. The lowest BCUT2D eigenvalue weighted by Gasteiger charge is -2.24. The number of nitrogens with zero attached hydrogens (tertiary/aromatic N) is 1. The van der Waals surface area contributed by atoms with E-state index in [0.717, 1.165) is 5.56 Å². The fourth-order valence-corrected chi connectivity index (χ4v) is 3.62. The Bertz CT molecular complexity index is 966. The summed E-state index contributed by atoms with van der Waals surface area (Å²) in [4.78, 5) is 1.96. The predicted octanol–water partition coefficient (Wildman–Crippen LogP) is 4.58. The highest BCUT2D eigenvalue weighted by Gasteiger charge is 2.19. The van der Waals surface area contributed by atoms with Gasteiger partial charge in [-0.05, 0) is 48.5 Å². The van der Waals surface area contributed by atoms with E-state index in [0.29, 0.717) is 35.7 Å². The molecule has 5 nitrogen and oxygen atoms in total. The van der Waals surface area contributed by atoms with Crippen LogP contribution in [0.25, 0.3) is 0 Å². The summed E-state index contributed by atoms with van der Waals surface area (Å²) < 4.78 is 43.5. The van der Waals surface area contributed by atoms with Gasteiger partial charge in [0.05, 0.1) is 26.9 Å². The molecule has 0 aliphatic rings. The van der Waals surface area contributed by atoms with Crippen LogP contribution >= 0.6 is 0 Å². The van der Waals surface area contributed by atoms with E-state index in [1.807, 2.05) is 30.1 Å². The van der Waals surface area contributed by atoms with Gasteiger partial charge in [-0.15, -0.1) is 0 Å². The van der Waals surface area contributed by atoms with Crippen molar-refractivity contribution in [3.8, 4) is 11.5 Å². The van der Waals surface area contributed by atoms with Gasteiger partial charge in [0, 0.05) is 24.7 Å². The van der Waals surface area contributed by atoms with E-state index in [1.54, 1.807) is 38.5 Å². The molecule has 0 bridgehead atoms. The molecule has 7 heteroatoms. The van der Waals surface area contributed by atoms with Crippen LogP contribution in [-0.4, -0.2) is 50.5 Å². The largest absolute Gasteiger partial charge is 0.497 e. The van der Waals surface area contributed by atoms with Crippen molar-refractivity contribution in [3.63, 3.8) is 0 Å². The molecule has 1 atom stereocenters. The summed E-state index contributed by atoms with van der Waals surface area (Å²) in [6.45, 7) is 0.960. The zero-order valence-corrected chi connectivity index (χ0v) is 19.0. The molecule has 1 N–H and O–H groups in total. The number of aliphatic hydroxyl groups excluding tert-OH is 1. The lowest BCUT2D eigenvalue weighted by Crippen LogP contribution is -2.32. The van der Waals surface area contributed by atoms with Crippen LogP contribution in [0.5, 0.6) is 11.5 Å². The third-order valence-corrected chi connectivity index (χ3v) is 5.26. The van der Waals surface area contributed by atoms with Crippen LogP contribution in [0.2, 0.25) is 0 Å². The Kier molecular flexibility index (Phi) is 8.77. The first-order chi connectivity index (χ1) is 15.9. The monoisotopic (exact) mass is 457 g/mol. The number of ether oxygens (including phenoxy) is 3. The minimum absolute atomic E-state index is 0.0451. The molecule has 3 rings (SSSR count). The topological polar surface area (TPSA) is 51.2 Å². The van der Waals surface area contributed by atoms with E-state index in [1.165, 1.54) is 24.3 Å². The van der Waals surface area contributed by atoms with Gasteiger partial charge in [-0.2, -0.15) is 0 Å². The number of methoxy groups -OCH3 is 2. The second kappa shape index (κ2) is 11.7. The van der Waals surface area contributed by atoms with Gasteiger partial charge in [0.25, 0.3) is 0 Å². The van der Waals surface area contributed by atoms with E-state index in [-0.39, 0.29) is 18.2 Å². The van der Waals surface area contributed by atoms with Gasteiger partial charge in [0.15, 0.2) is 0 Å². The standard InChI is InChI=1S/C26H29F2NO4/c1-29(15-20-8-13-24(31-2)14-25(20)32-3)16-23(30)17-33-26(18-4-9-21(27)10-5-18)19-6-11-22(28)12-7-19/h4-14,23,26,30H,15-17H2,1-3H3. The molecule has 0 amide bonds. The number of likely N-dealkylation sites (N-methyl/N-ethyl adjacent to an activating group) is 1. The Morgan fingerprint density at radius 2 is 1.42 bits per heavy atom. The lowest BCUT2D eigenvalue weighted by molar-refractivity contribution is -0.00635. The van der Waals surface area contributed by atoms with Crippen molar-refractivity contribution in [3.05, 3.63) is 95.1 Å². The van der Waals surface area contributed by atoms with Crippen molar-refractivity contribution in [2.24, 2.45) is 0 Å². The van der Waals surface area contributed by atoms with Crippen LogP contribution < -0.4 is 9.47 Å². The van der Waals surface area contributed by atoms with Crippen LogP contribution in [0.3, 0.4) is 0 Å². The number of hydrogen-bond acceptors (Lipinski definition) is 5. The second-order valence-corrected chi connectivity index (χ2v) is 7.84. The Morgan fingerprint density at radius 3 is 1.94 bits per heavy atom. The van der Waals surface area contributed by atoms with Crippen LogP contribution in [0.1, 0.15) is 22.8 Å². The maximum absolute atomic E-state index is 13.4. The van der Waals surface area contributed by atoms with Gasteiger partial charge in [-0.25, -0.2) is 8.78 Å². The SMILES string of the molecule is COc1ccc(CN(C)CC(O)COC(c2ccc(F)cc2)c2ccc(F)cc2)c(OC)c1. The van der Waals surface area contributed by atoms with E-state index in [9.17, 15) is 13.9 Å². The van der Waals surface area contributed by atoms with Gasteiger partial charge in [-0.1, -0.05) is 30.3 Å². The molecule has 0 aromatic heterocycles. The Morgan fingerprint density at radius 1 is 0.848 bits per heavy atom. The third-order valence-electron chi connectivity index (χ3n) is 5.26. The summed E-state index contributed by atoms with van der Waals surface area (Å²) in [5, 5.41) is 10.6. The Balaban J connectivity index is 1.63. The summed E-state index contributed by atoms with van der Waals surface area (Å²) in [6.07, 6.45) is -1.34. The second-order valence-electron chi connectivity index (χ2n) is 7.84. The first-order valence-corrected chi connectivity index (χ1v) is 10.6. The molecule has 0 radical (unpaired) electrons. The van der Waals surface area contributed by atoms with Gasteiger partial charge in [-0.3, -0.25) is 4.90 Å². The molecule has 3 aromatic rings. The molecule has 0 aliphatic heterocycles. The minimum Gasteiger partial charge on any atom is -0.497 e. The van der Waals surface area contributed by atoms with Crippen LogP contribution in [0, 0.1) is 11.6 Å². The normalized spacial score (nSPS) is 12.2. The van der Waals surface area contributed by atoms with Crippen LogP contribution in [0.15, 0.2) is 66.7 Å². The average Bonchev–Trinajstić information content (AvgIpc) is 2.81. The first-order valence-electron chi connectivity index (χ1n) is 10.6. The Labute approximate surface area is 193 Å². The summed E-state index contributed by atoms with van der Waals surface area (Å²) in [5.41, 5.74) is 2.39. The lowest BCUT2D eigenvalue weighted by atomic mass is 10.0. The number of aliphatic hydroxyl groups is 1. The highest BCUT2D eigenvalue weighted by molar-refractivity contribution is 5.40. The molecule has 0 saturated carbocycles. The molecule has 0 fully saturated rings. The van der Waals surface area contributed by atoms with E-state index < -0.39 is 12.2 Å². The quantitative estimate of drug-likeness (QED) is 0.457. The summed E-state index contributed by atoms with van der Waals surface area (Å²) in [7, 11) is 5.10. The minimum atomic E-state index is -0.775. The smallest absolute Gasteiger partial charge is 0.127 e. The maximum Gasteiger partial charge on any atom is 0.127 e. The van der Waals surface area contributed by atoms with E-state index in [4.69, 9.17) is 14.2 Å². The predicted molar refractivity (Wildman–Crippen MR) is 122 cm³/mol. The van der Waals surface area contributed by atoms with Crippen molar-refractivity contribution < 1.29 is 28.1 Å². The zero-order chi connectivity index (χ0) is 23.8. The molecule has 0 spiro atoms. The molecule has 33 heavy (non-hydrogen) atoms. The number of benzene rings is 3. The molecule has 0 heterocycles. The van der Waals surface area contributed by atoms with Crippen molar-refractivity contribution in [2.45, 2.75) is 18.8 Å². The van der Waals surface area contributed by atoms with Gasteiger partial charge >= 0.3 is 0 Å². The van der Waals surface area contributed by atoms with E-state index >= 15 is 0 Å². The van der Waals surface area contributed by atoms with Gasteiger partial charge in [0.2, 0.25) is 0 Å². The highest BCUT2D eigenvalue weighted by Crippen LogP contribution is 2.28. The fraction of sp³-hybridized carbons (Fsp3) is 0.308. The maximum atomic E-state index is 13.4. The molecular formula is C26H29F2NO4. The van der Waals surface area contributed by atoms with Crippen LogP contribution in [-0.2, 0) is 11.3 Å². The van der Waals surface area contributed by atoms with Gasteiger partial charge in [0.1, 0.15) is 29.2 Å². The average molecular weight is 458 g/mol. The molecule has 0 aliphatic carbocycles. The summed E-state index contributed by atoms with van der Waals surface area (Å²) >= 11 is 0. The van der Waals surface area contributed by atoms with Crippen molar-refractivity contribution in [1.29, 1.82) is 0 Å². The number of halogens is 2. The Hall–Kier alpha value is -3.00. The zero-order valence-electron chi connectivity index (χ0n) is 19.0. The van der Waals surface area contributed by atoms with Crippen LogP contribution in [0.4, 0.5) is 8.78 Å². The van der Waals surface area contributed by atoms with Crippen molar-refractivity contribution >= 4 is 0 Å². The number of hydrogen-bond donors (Lipinski definition) is 1. The first kappa shape index (κ1) is 24.6. The molecule has 3 aromatic carbocycles. The van der Waals surface area contributed by atoms with Crippen molar-refractivity contribution in [1.82, 2.24) is 4.90 Å². The molecule has 0 saturated heterocycles. The highest BCUT2D eigenvalue weighted by atomic mass is 19.1.